The molecule has 5 heteroatoms. The van der Waals surface area contributed by atoms with E-state index in [1.54, 1.807) is 13.0 Å². The second-order valence-corrected chi connectivity index (χ2v) is 3.51. The van der Waals surface area contributed by atoms with E-state index in [2.05, 4.69) is 10.1 Å². The zero-order valence-electron chi connectivity index (χ0n) is 9.56. The van der Waals surface area contributed by atoms with Gasteiger partial charge in [0.1, 0.15) is 0 Å². The fraction of sp³-hybridized carbons (Fsp3) is 0.636. The lowest BCUT2D eigenvalue weighted by Gasteiger charge is -2.12. The van der Waals surface area contributed by atoms with Gasteiger partial charge >= 0.3 is 11.9 Å². The number of ether oxygens (including phenoxy) is 2. The van der Waals surface area contributed by atoms with Crippen molar-refractivity contribution in [3.63, 3.8) is 0 Å². The Kier molecular flexibility index (Phi) is 4.98. The molecule has 1 heterocycles. The number of hydrogen-bond donors (Lipinski definition) is 1. The van der Waals surface area contributed by atoms with Crippen molar-refractivity contribution in [1.82, 2.24) is 5.32 Å². The topological polar surface area (TPSA) is 64.6 Å². The smallest absolute Gasteiger partial charge is 0.330 e. The van der Waals surface area contributed by atoms with Crippen LogP contribution in [0.15, 0.2) is 12.2 Å². The van der Waals surface area contributed by atoms with Gasteiger partial charge in [-0.1, -0.05) is 6.08 Å². The zero-order valence-corrected chi connectivity index (χ0v) is 9.56. The Morgan fingerprint density at radius 2 is 2.25 bits per heavy atom. The third-order valence-electron chi connectivity index (χ3n) is 2.50. The van der Waals surface area contributed by atoms with E-state index >= 15 is 0 Å². The lowest BCUT2D eigenvalue weighted by molar-refractivity contribution is -0.145. The molecule has 2 atom stereocenters. The Hall–Kier alpha value is -1.36. The molecule has 0 unspecified atom stereocenters. The van der Waals surface area contributed by atoms with E-state index in [0.717, 1.165) is 13.0 Å². The van der Waals surface area contributed by atoms with Gasteiger partial charge in [-0.05, 0) is 19.9 Å². The van der Waals surface area contributed by atoms with Crippen LogP contribution in [0.25, 0.3) is 0 Å². The standard InChI is InChI=1S/C11H17NO4/c1-3-16-10(13)5-4-9-8(6-7-12-9)11(14)15-2/h4-5,8-9,12H,3,6-7H2,1-2H3/b5-4+/t8-,9-/m0/s1. The van der Waals surface area contributed by atoms with Crippen molar-refractivity contribution in [2.75, 3.05) is 20.3 Å². The third-order valence-corrected chi connectivity index (χ3v) is 2.50. The molecule has 1 rings (SSSR count). The highest BCUT2D eigenvalue weighted by molar-refractivity contribution is 5.82. The maximum atomic E-state index is 11.4. The maximum Gasteiger partial charge on any atom is 0.330 e. The minimum absolute atomic E-state index is 0.142. The summed E-state index contributed by atoms with van der Waals surface area (Å²) in [6.45, 7) is 2.84. The number of esters is 2. The number of carbonyl (C=O) groups is 2. The van der Waals surface area contributed by atoms with Crippen molar-refractivity contribution in [1.29, 1.82) is 0 Å². The molecule has 0 aliphatic carbocycles. The van der Waals surface area contributed by atoms with E-state index in [-0.39, 0.29) is 23.9 Å². The van der Waals surface area contributed by atoms with Crippen LogP contribution in [0.1, 0.15) is 13.3 Å². The molecule has 0 saturated carbocycles. The monoisotopic (exact) mass is 227 g/mol. The lowest BCUT2D eigenvalue weighted by Crippen LogP contribution is -2.30. The SMILES string of the molecule is CCOC(=O)/C=C/[C@@H]1NCC[C@@H]1C(=O)OC. The van der Waals surface area contributed by atoms with Crippen LogP contribution in [-0.4, -0.2) is 38.2 Å². The molecule has 0 amide bonds. The van der Waals surface area contributed by atoms with E-state index in [1.807, 2.05) is 0 Å². The molecular weight excluding hydrogens is 210 g/mol. The van der Waals surface area contributed by atoms with E-state index in [0.29, 0.717) is 6.61 Å². The van der Waals surface area contributed by atoms with E-state index in [9.17, 15) is 9.59 Å². The van der Waals surface area contributed by atoms with Gasteiger partial charge < -0.3 is 14.8 Å². The van der Waals surface area contributed by atoms with Gasteiger partial charge in [0.25, 0.3) is 0 Å². The zero-order chi connectivity index (χ0) is 12.0. The number of carbonyl (C=O) groups excluding carboxylic acids is 2. The summed E-state index contributed by atoms with van der Waals surface area (Å²) in [5, 5.41) is 3.12. The summed E-state index contributed by atoms with van der Waals surface area (Å²) < 4.78 is 9.44. The van der Waals surface area contributed by atoms with Gasteiger partial charge in [-0.3, -0.25) is 4.79 Å². The molecule has 0 aromatic rings. The van der Waals surface area contributed by atoms with E-state index in [1.165, 1.54) is 13.2 Å². The third kappa shape index (κ3) is 3.34. The Bertz CT molecular complexity index is 288. The van der Waals surface area contributed by atoms with Crippen molar-refractivity contribution in [3.8, 4) is 0 Å². The number of methoxy groups -OCH3 is 1. The number of nitrogens with one attached hydrogen (secondary N) is 1. The fourth-order valence-corrected chi connectivity index (χ4v) is 1.72. The molecule has 0 aromatic heterocycles. The molecular formula is C11H17NO4. The molecule has 0 radical (unpaired) electrons. The fourth-order valence-electron chi connectivity index (χ4n) is 1.72. The molecule has 1 N–H and O–H groups in total. The molecule has 1 aliphatic heterocycles. The highest BCUT2D eigenvalue weighted by atomic mass is 16.5. The molecule has 16 heavy (non-hydrogen) atoms. The number of rotatable bonds is 4. The Labute approximate surface area is 94.8 Å². The van der Waals surface area contributed by atoms with Gasteiger partial charge in [0.2, 0.25) is 0 Å². The predicted molar refractivity (Wildman–Crippen MR) is 57.7 cm³/mol. The van der Waals surface area contributed by atoms with Gasteiger partial charge in [-0.25, -0.2) is 4.79 Å². The summed E-state index contributed by atoms with van der Waals surface area (Å²) >= 11 is 0. The van der Waals surface area contributed by atoms with Gasteiger partial charge in [-0.2, -0.15) is 0 Å². The normalized spacial score (nSPS) is 24.6. The van der Waals surface area contributed by atoms with Crippen molar-refractivity contribution < 1.29 is 19.1 Å². The summed E-state index contributed by atoms with van der Waals surface area (Å²) in [5.74, 6) is -0.848. The molecule has 0 spiro atoms. The largest absolute Gasteiger partial charge is 0.469 e. The molecule has 1 aliphatic rings. The first-order valence-electron chi connectivity index (χ1n) is 5.35. The van der Waals surface area contributed by atoms with Crippen LogP contribution in [0, 0.1) is 5.92 Å². The Morgan fingerprint density at radius 1 is 1.50 bits per heavy atom. The molecule has 1 fully saturated rings. The van der Waals surface area contributed by atoms with Crippen molar-refractivity contribution >= 4 is 11.9 Å². The second kappa shape index (κ2) is 6.27. The highest BCUT2D eigenvalue weighted by Crippen LogP contribution is 2.18. The van der Waals surface area contributed by atoms with Crippen LogP contribution in [0.4, 0.5) is 0 Å². The summed E-state index contributed by atoms with van der Waals surface area (Å²) in [6.07, 6.45) is 3.74. The summed E-state index contributed by atoms with van der Waals surface area (Å²) in [7, 11) is 1.37. The van der Waals surface area contributed by atoms with Gasteiger partial charge in [0.05, 0.1) is 19.6 Å². The molecule has 90 valence electrons. The highest BCUT2D eigenvalue weighted by Gasteiger charge is 2.31. The Balaban J connectivity index is 2.52. The van der Waals surface area contributed by atoms with Crippen LogP contribution in [0.3, 0.4) is 0 Å². The number of hydrogen-bond acceptors (Lipinski definition) is 5. The van der Waals surface area contributed by atoms with Crippen molar-refractivity contribution in [2.24, 2.45) is 5.92 Å². The maximum absolute atomic E-state index is 11.4. The van der Waals surface area contributed by atoms with Crippen LogP contribution in [-0.2, 0) is 19.1 Å². The first kappa shape index (κ1) is 12.7. The predicted octanol–water partition coefficient (Wildman–Crippen LogP) is 0.257. The van der Waals surface area contributed by atoms with Crippen LogP contribution >= 0.6 is 0 Å². The first-order valence-corrected chi connectivity index (χ1v) is 5.35. The lowest BCUT2D eigenvalue weighted by atomic mass is 10.0. The molecule has 1 saturated heterocycles. The van der Waals surface area contributed by atoms with Crippen molar-refractivity contribution in [3.05, 3.63) is 12.2 Å². The van der Waals surface area contributed by atoms with Gasteiger partial charge in [0.15, 0.2) is 0 Å². The van der Waals surface area contributed by atoms with Crippen molar-refractivity contribution in [2.45, 2.75) is 19.4 Å². The first-order chi connectivity index (χ1) is 7.69. The minimum Gasteiger partial charge on any atom is -0.469 e. The van der Waals surface area contributed by atoms with E-state index < -0.39 is 0 Å². The summed E-state index contributed by atoms with van der Waals surface area (Å²) in [6, 6.07) is -0.142. The average Bonchev–Trinajstić information content (AvgIpc) is 2.74. The van der Waals surface area contributed by atoms with Crippen LogP contribution in [0.5, 0.6) is 0 Å². The minimum atomic E-state index is -0.389. The van der Waals surface area contributed by atoms with Gasteiger partial charge in [-0.15, -0.1) is 0 Å². The quantitative estimate of drug-likeness (QED) is 0.551. The van der Waals surface area contributed by atoms with Gasteiger partial charge in [0, 0.05) is 12.1 Å². The summed E-state index contributed by atoms with van der Waals surface area (Å²) in [5.41, 5.74) is 0. The van der Waals surface area contributed by atoms with Crippen LogP contribution in [0.2, 0.25) is 0 Å². The Morgan fingerprint density at radius 3 is 2.88 bits per heavy atom. The van der Waals surface area contributed by atoms with Crippen LogP contribution < -0.4 is 5.32 Å². The van der Waals surface area contributed by atoms with E-state index in [4.69, 9.17) is 4.74 Å². The summed E-state index contributed by atoms with van der Waals surface area (Å²) in [4.78, 5) is 22.5. The second-order valence-electron chi connectivity index (χ2n) is 3.51. The molecule has 5 nitrogen and oxygen atoms in total. The molecule has 0 aromatic carbocycles. The average molecular weight is 227 g/mol. The molecule has 0 bridgehead atoms.